The molecule has 2 nitrogen and oxygen atoms in total. The van der Waals surface area contributed by atoms with Crippen molar-refractivity contribution < 1.29 is 0 Å². The third-order valence-electron chi connectivity index (χ3n) is 2.13. The molecule has 0 saturated heterocycles. The van der Waals surface area contributed by atoms with Crippen molar-refractivity contribution in [3.8, 4) is 0 Å². The molecule has 0 aromatic carbocycles. The zero-order valence-corrected chi connectivity index (χ0v) is 6.61. The first kappa shape index (κ1) is 7.45. The first-order valence-electron chi connectivity index (χ1n) is 3.93. The van der Waals surface area contributed by atoms with Gasteiger partial charge in [-0.3, -0.25) is 0 Å². The summed E-state index contributed by atoms with van der Waals surface area (Å²) in [5, 5.41) is 6.19. The molecule has 0 atom stereocenters. The largest absolute Gasteiger partial charge is 0.375 e. The number of nitrogens with one attached hydrogen (secondary N) is 2. The molecule has 2 heteroatoms. The van der Waals surface area contributed by atoms with E-state index in [9.17, 15) is 0 Å². The van der Waals surface area contributed by atoms with E-state index in [1.54, 1.807) is 0 Å². The van der Waals surface area contributed by atoms with Crippen LogP contribution < -0.4 is 10.6 Å². The highest BCUT2D eigenvalue weighted by atomic mass is 15.1. The molecule has 1 fully saturated rings. The Balaban J connectivity index is 1.98. The Hall–Kier alpha value is -0.660. The van der Waals surface area contributed by atoms with Crippen LogP contribution in [0.4, 0.5) is 0 Å². The Morgan fingerprint density at radius 2 is 2.30 bits per heavy atom. The molecule has 0 unspecified atom stereocenters. The van der Waals surface area contributed by atoms with E-state index in [1.807, 2.05) is 7.05 Å². The standard InChI is InChI=1S/C8H16N2/c1-7(9-2)10-6-8-4-3-5-8/h8-10H,1,3-6H2,2H3. The molecule has 1 aliphatic rings. The maximum absolute atomic E-state index is 3.78. The summed E-state index contributed by atoms with van der Waals surface area (Å²) in [6.07, 6.45) is 4.20. The smallest absolute Gasteiger partial charge is 0.0909 e. The van der Waals surface area contributed by atoms with Crippen LogP contribution in [-0.2, 0) is 0 Å². The van der Waals surface area contributed by atoms with Crippen LogP contribution in [0.25, 0.3) is 0 Å². The predicted molar refractivity (Wildman–Crippen MR) is 43.5 cm³/mol. The number of rotatable bonds is 4. The molecule has 0 heterocycles. The third kappa shape index (κ3) is 1.94. The van der Waals surface area contributed by atoms with E-state index in [4.69, 9.17) is 0 Å². The zero-order valence-electron chi connectivity index (χ0n) is 6.61. The molecule has 0 aromatic heterocycles. The van der Waals surface area contributed by atoms with Crippen molar-refractivity contribution in [1.82, 2.24) is 10.6 Å². The minimum atomic E-state index is 0.907. The monoisotopic (exact) mass is 140 g/mol. The Labute approximate surface area is 62.7 Å². The topological polar surface area (TPSA) is 24.1 Å². The normalized spacial score (nSPS) is 17.7. The summed E-state index contributed by atoms with van der Waals surface area (Å²) in [6, 6.07) is 0. The lowest BCUT2D eigenvalue weighted by molar-refractivity contribution is 0.308. The lowest BCUT2D eigenvalue weighted by atomic mass is 9.85. The first-order chi connectivity index (χ1) is 4.83. The molecule has 0 bridgehead atoms. The molecule has 1 aliphatic carbocycles. The van der Waals surface area contributed by atoms with Gasteiger partial charge in [-0.25, -0.2) is 0 Å². The third-order valence-corrected chi connectivity index (χ3v) is 2.13. The summed E-state index contributed by atoms with van der Waals surface area (Å²) < 4.78 is 0. The molecule has 0 aliphatic heterocycles. The highest BCUT2D eigenvalue weighted by molar-refractivity contribution is 4.87. The average Bonchev–Trinajstić information content (AvgIpc) is 1.84. The summed E-state index contributed by atoms with van der Waals surface area (Å²) >= 11 is 0. The summed E-state index contributed by atoms with van der Waals surface area (Å²) in [7, 11) is 1.89. The molecular formula is C8H16N2. The van der Waals surface area contributed by atoms with Crippen LogP contribution in [0.15, 0.2) is 12.4 Å². The van der Waals surface area contributed by atoms with E-state index in [1.165, 1.54) is 19.3 Å². The highest BCUT2D eigenvalue weighted by Gasteiger charge is 2.16. The van der Waals surface area contributed by atoms with E-state index in [0.29, 0.717) is 0 Å². The van der Waals surface area contributed by atoms with Crippen LogP contribution >= 0.6 is 0 Å². The Morgan fingerprint density at radius 1 is 1.60 bits per heavy atom. The quantitative estimate of drug-likeness (QED) is 0.610. The van der Waals surface area contributed by atoms with Gasteiger partial charge < -0.3 is 10.6 Å². The van der Waals surface area contributed by atoms with E-state index in [0.717, 1.165) is 18.3 Å². The number of hydrogen-bond donors (Lipinski definition) is 2. The van der Waals surface area contributed by atoms with Crippen molar-refractivity contribution in [2.45, 2.75) is 19.3 Å². The van der Waals surface area contributed by atoms with Gasteiger partial charge in [0.25, 0.3) is 0 Å². The second-order valence-corrected chi connectivity index (χ2v) is 2.91. The van der Waals surface area contributed by atoms with Crippen LogP contribution in [0, 0.1) is 5.92 Å². The van der Waals surface area contributed by atoms with Gasteiger partial charge in [0.2, 0.25) is 0 Å². The van der Waals surface area contributed by atoms with Crippen molar-refractivity contribution in [2.75, 3.05) is 13.6 Å². The summed E-state index contributed by atoms with van der Waals surface area (Å²) in [4.78, 5) is 0. The summed E-state index contributed by atoms with van der Waals surface area (Å²) in [5.41, 5.74) is 0. The van der Waals surface area contributed by atoms with E-state index >= 15 is 0 Å². The molecule has 0 amide bonds. The van der Waals surface area contributed by atoms with Crippen LogP contribution in [0.2, 0.25) is 0 Å². The summed E-state index contributed by atoms with van der Waals surface area (Å²) in [5.74, 6) is 1.84. The molecule has 10 heavy (non-hydrogen) atoms. The molecule has 0 spiro atoms. The van der Waals surface area contributed by atoms with Crippen LogP contribution in [0.1, 0.15) is 19.3 Å². The van der Waals surface area contributed by atoms with Gasteiger partial charge in [-0.05, 0) is 18.8 Å². The van der Waals surface area contributed by atoms with Crippen LogP contribution in [0.5, 0.6) is 0 Å². The van der Waals surface area contributed by atoms with E-state index in [-0.39, 0.29) is 0 Å². The molecule has 1 saturated carbocycles. The molecule has 2 N–H and O–H groups in total. The Morgan fingerprint density at radius 3 is 2.70 bits per heavy atom. The molecule has 0 radical (unpaired) electrons. The maximum Gasteiger partial charge on any atom is 0.0909 e. The van der Waals surface area contributed by atoms with Crippen molar-refractivity contribution in [3.63, 3.8) is 0 Å². The van der Waals surface area contributed by atoms with Crippen molar-refractivity contribution in [3.05, 3.63) is 12.4 Å². The van der Waals surface area contributed by atoms with E-state index in [2.05, 4.69) is 17.2 Å². The Bertz CT molecular complexity index is 116. The fraction of sp³-hybridized carbons (Fsp3) is 0.750. The molecule has 0 aromatic rings. The predicted octanol–water partition coefficient (Wildman–Crippen LogP) is 1.07. The van der Waals surface area contributed by atoms with Crippen molar-refractivity contribution in [2.24, 2.45) is 5.92 Å². The summed E-state index contributed by atoms with van der Waals surface area (Å²) in [6.45, 7) is 4.88. The minimum absolute atomic E-state index is 0.907. The number of hydrogen-bond acceptors (Lipinski definition) is 2. The van der Waals surface area contributed by atoms with Gasteiger partial charge in [0.1, 0.15) is 0 Å². The van der Waals surface area contributed by atoms with Crippen molar-refractivity contribution >= 4 is 0 Å². The van der Waals surface area contributed by atoms with Crippen molar-refractivity contribution in [1.29, 1.82) is 0 Å². The first-order valence-corrected chi connectivity index (χ1v) is 3.93. The molecular weight excluding hydrogens is 124 g/mol. The van der Waals surface area contributed by atoms with E-state index < -0.39 is 0 Å². The minimum Gasteiger partial charge on any atom is -0.375 e. The second kappa shape index (κ2) is 3.49. The second-order valence-electron chi connectivity index (χ2n) is 2.91. The lowest BCUT2D eigenvalue weighted by Gasteiger charge is -2.26. The fourth-order valence-electron chi connectivity index (χ4n) is 1.05. The van der Waals surface area contributed by atoms with Gasteiger partial charge >= 0.3 is 0 Å². The van der Waals surface area contributed by atoms with Gasteiger partial charge in [-0.15, -0.1) is 0 Å². The van der Waals surface area contributed by atoms with Gasteiger partial charge in [0, 0.05) is 13.6 Å². The van der Waals surface area contributed by atoms with Gasteiger partial charge in [0.15, 0.2) is 0 Å². The zero-order chi connectivity index (χ0) is 7.40. The van der Waals surface area contributed by atoms with Gasteiger partial charge in [0.05, 0.1) is 5.82 Å². The van der Waals surface area contributed by atoms with Crippen LogP contribution in [0.3, 0.4) is 0 Å². The van der Waals surface area contributed by atoms with Gasteiger partial charge in [-0.1, -0.05) is 13.0 Å². The van der Waals surface area contributed by atoms with Crippen LogP contribution in [-0.4, -0.2) is 13.6 Å². The Kier molecular flexibility index (Phi) is 2.60. The van der Waals surface area contributed by atoms with Gasteiger partial charge in [-0.2, -0.15) is 0 Å². The SMILES string of the molecule is C=C(NC)NCC1CCC1. The lowest BCUT2D eigenvalue weighted by Crippen LogP contribution is -2.30. The highest BCUT2D eigenvalue weighted by Crippen LogP contribution is 2.25. The molecule has 1 rings (SSSR count). The maximum atomic E-state index is 3.78. The average molecular weight is 140 g/mol. The fourth-order valence-corrected chi connectivity index (χ4v) is 1.05. The molecule has 58 valence electrons.